The maximum Gasteiger partial charge on any atom is 0.319 e. The number of amides is 3. The van der Waals surface area contributed by atoms with E-state index in [-0.39, 0.29) is 24.5 Å². The van der Waals surface area contributed by atoms with Gasteiger partial charge in [-0.3, -0.25) is 4.79 Å². The number of H-pyrrole nitrogens is 1. The van der Waals surface area contributed by atoms with Gasteiger partial charge in [0, 0.05) is 30.6 Å². The Morgan fingerprint density at radius 1 is 1.38 bits per heavy atom. The van der Waals surface area contributed by atoms with Gasteiger partial charge in [-0.2, -0.15) is 5.21 Å². The predicted octanol–water partition coefficient (Wildman–Crippen LogP) is 2.59. The van der Waals surface area contributed by atoms with Crippen molar-refractivity contribution in [3.05, 3.63) is 71.3 Å². The fraction of sp³-hybridized carbons (Fsp3) is 0.318. The summed E-state index contributed by atoms with van der Waals surface area (Å²) in [7, 11) is 0. The highest BCUT2D eigenvalue weighted by Crippen LogP contribution is 2.32. The summed E-state index contributed by atoms with van der Waals surface area (Å²) in [6.45, 7) is 6.29. The van der Waals surface area contributed by atoms with E-state index in [1.54, 1.807) is 0 Å². The van der Waals surface area contributed by atoms with Gasteiger partial charge in [0.15, 0.2) is 5.82 Å². The number of nitrogens with zero attached hydrogens (tertiary/aromatic N) is 4. The normalized spacial score (nSPS) is 20.5. The number of halogens is 2. The Kier molecular flexibility index (Phi) is 6.66. The third kappa shape index (κ3) is 5.11. The molecule has 2 aliphatic rings. The summed E-state index contributed by atoms with van der Waals surface area (Å²) in [5, 5.41) is 18.6. The zero-order valence-corrected chi connectivity index (χ0v) is 18.3. The number of nitrogens with one attached hydrogen (secondary N) is 3. The molecule has 34 heavy (non-hydrogen) atoms. The van der Waals surface area contributed by atoms with E-state index in [4.69, 9.17) is 4.74 Å². The zero-order valence-electron chi connectivity index (χ0n) is 18.3. The summed E-state index contributed by atoms with van der Waals surface area (Å²) in [5.74, 6) is -1.61. The molecule has 2 aliphatic heterocycles. The van der Waals surface area contributed by atoms with Crippen molar-refractivity contribution >= 4 is 17.6 Å². The van der Waals surface area contributed by atoms with E-state index in [9.17, 15) is 14.0 Å². The second kappa shape index (κ2) is 9.81. The van der Waals surface area contributed by atoms with Crippen LogP contribution in [0.1, 0.15) is 19.2 Å². The number of anilines is 1. The lowest BCUT2D eigenvalue weighted by molar-refractivity contribution is -0.129. The Balaban J connectivity index is 1.53. The minimum atomic E-state index is -1.10. The van der Waals surface area contributed by atoms with Gasteiger partial charge in [0.1, 0.15) is 23.4 Å². The summed E-state index contributed by atoms with van der Waals surface area (Å²) in [5.41, 5.74) is 1.29. The summed E-state index contributed by atoms with van der Waals surface area (Å²) in [4.78, 5) is 27.1. The number of aromatic amines is 1. The third-order valence-corrected chi connectivity index (χ3v) is 5.67. The molecule has 3 amide bonds. The Labute approximate surface area is 193 Å². The third-order valence-electron chi connectivity index (χ3n) is 5.67. The van der Waals surface area contributed by atoms with Crippen LogP contribution >= 0.6 is 0 Å². The molecule has 0 unspecified atom stereocenters. The molecule has 3 N–H and O–H groups in total. The van der Waals surface area contributed by atoms with Crippen LogP contribution in [0.25, 0.3) is 0 Å². The van der Waals surface area contributed by atoms with Crippen molar-refractivity contribution in [1.82, 2.24) is 30.8 Å². The van der Waals surface area contributed by atoms with Gasteiger partial charge in [0.05, 0.1) is 13.2 Å². The maximum absolute atomic E-state index is 15.1. The van der Waals surface area contributed by atoms with Gasteiger partial charge in [-0.15, -0.1) is 10.2 Å². The smallest absolute Gasteiger partial charge is 0.319 e. The van der Waals surface area contributed by atoms with Gasteiger partial charge >= 0.3 is 6.03 Å². The van der Waals surface area contributed by atoms with E-state index < -0.39 is 35.5 Å². The molecule has 10 nitrogen and oxygen atoms in total. The number of benzene rings is 1. The first-order chi connectivity index (χ1) is 16.3. The molecule has 0 bridgehead atoms. The SMILES string of the molecule is C=C(/C(F)=C\C1=C(C)CCO1)[C@@H]1CN(Cc2nn[nH]n2)C(=O)[C@H]1NC(=O)Nc1ccc(F)cc1. The Bertz CT molecular complexity index is 1150. The van der Waals surface area contributed by atoms with Crippen LogP contribution in [0.5, 0.6) is 0 Å². The van der Waals surface area contributed by atoms with Crippen LogP contribution in [0.15, 0.2) is 59.7 Å². The van der Waals surface area contributed by atoms with E-state index >= 15 is 4.39 Å². The average molecular weight is 471 g/mol. The lowest BCUT2D eigenvalue weighted by Gasteiger charge is -2.20. The topological polar surface area (TPSA) is 125 Å². The zero-order chi connectivity index (χ0) is 24.2. The van der Waals surface area contributed by atoms with Gasteiger partial charge in [0.25, 0.3) is 0 Å². The first-order valence-corrected chi connectivity index (χ1v) is 10.5. The standard InChI is InChI=1S/C22H23F2N7O3/c1-12-7-8-34-18(12)9-17(24)13(2)16-10-31(11-19-27-29-30-28-19)21(32)20(16)26-22(33)25-15-5-3-14(23)4-6-15/h3-6,9,16,20H,2,7-8,10-11H2,1H3,(H2,25,26,33)(H,27,28,29,30)/b17-9+/t16-,20-/m0/s1. The van der Waals surface area contributed by atoms with Gasteiger partial charge in [-0.1, -0.05) is 11.8 Å². The number of tetrazole rings is 1. The number of aromatic nitrogens is 4. The minimum absolute atomic E-state index is 0.0234. The molecule has 178 valence electrons. The van der Waals surface area contributed by atoms with Crippen molar-refractivity contribution < 1.29 is 23.1 Å². The summed E-state index contributed by atoms with van der Waals surface area (Å²) < 4.78 is 33.7. The second-order valence-corrected chi connectivity index (χ2v) is 8.00. The molecule has 1 fully saturated rings. The molecule has 12 heteroatoms. The monoisotopic (exact) mass is 471 g/mol. The van der Waals surface area contributed by atoms with Crippen LogP contribution in [0.3, 0.4) is 0 Å². The molecule has 2 atom stereocenters. The van der Waals surface area contributed by atoms with Gasteiger partial charge < -0.3 is 20.3 Å². The fourth-order valence-electron chi connectivity index (χ4n) is 3.79. The molecule has 3 heterocycles. The lowest BCUT2D eigenvalue weighted by atomic mass is 9.93. The largest absolute Gasteiger partial charge is 0.493 e. The first kappa shape index (κ1) is 23.1. The second-order valence-electron chi connectivity index (χ2n) is 8.00. The number of ether oxygens (including phenoxy) is 1. The predicted molar refractivity (Wildman–Crippen MR) is 117 cm³/mol. The molecule has 1 aromatic heterocycles. The number of hydrogen-bond donors (Lipinski definition) is 3. The molecular weight excluding hydrogens is 448 g/mol. The number of carbonyl (C=O) groups is 2. The minimum Gasteiger partial charge on any atom is -0.493 e. The number of likely N-dealkylation sites (tertiary alicyclic amines) is 1. The number of carbonyl (C=O) groups excluding carboxylic acids is 2. The van der Waals surface area contributed by atoms with Crippen molar-refractivity contribution in [2.45, 2.75) is 25.9 Å². The van der Waals surface area contributed by atoms with E-state index in [2.05, 4.69) is 37.8 Å². The van der Waals surface area contributed by atoms with E-state index in [0.717, 1.165) is 5.57 Å². The van der Waals surface area contributed by atoms with Crippen molar-refractivity contribution in [1.29, 1.82) is 0 Å². The van der Waals surface area contributed by atoms with Gasteiger partial charge in [-0.05, 0) is 42.3 Å². The van der Waals surface area contributed by atoms with E-state index in [0.29, 0.717) is 24.5 Å². The van der Waals surface area contributed by atoms with E-state index in [1.807, 2.05) is 6.92 Å². The molecule has 1 saturated heterocycles. The molecule has 4 rings (SSSR count). The number of rotatable bonds is 7. The van der Waals surface area contributed by atoms with Crippen LogP contribution in [0.4, 0.5) is 19.3 Å². The highest BCUT2D eigenvalue weighted by molar-refractivity contribution is 5.95. The maximum atomic E-state index is 15.1. The molecule has 0 radical (unpaired) electrons. The van der Waals surface area contributed by atoms with Crippen LogP contribution in [-0.4, -0.2) is 56.7 Å². The fourth-order valence-corrected chi connectivity index (χ4v) is 3.79. The molecule has 2 aromatic rings. The van der Waals surface area contributed by atoms with Crippen molar-refractivity contribution in [3.63, 3.8) is 0 Å². The average Bonchev–Trinajstić information content (AvgIpc) is 3.53. The van der Waals surface area contributed by atoms with Crippen LogP contribution in [0, 0.1) is 11.7 Å². The van der Waals surface area contributed by atoms with Crippen LogP contribution < -0.4 is 10.6 Å². The summed E-state index contributed by atoms with van der Waals surface area (Å²) in [6.07, 6.45) is 1.96. The molecular formula is C22H23F2N7O3. The summed E-state index contributed by atoms with van der Waals surface area (Å²) in [6, 6.07) is 3.34. The first-order valence-electron chi connectivity index (χ1n) is 10.5. The molecule has 1 aromatic carbocycles. The summed E-state index contributed by atoms with van der Waals surface area (Å²) >= 11 is 0. The Morgan fingerprint density at radius 2 is 2.15 bits per heavy atom. The van der Waals surface area contributed by atoms with Gasteiger partial charge in [0.2, 0.25) is 5.91 Å². The van der Waals surface area contributed by atoms with Gasteiger partial charge in [-0.25, -0.2) is 13.6 Å². The highest BCUT2D eigenvalue weighted by atomic mass is 19.1. The molecule has 0 saturated carbocycles. The molecule has 0 spiro atoms. The Morgan fingerprint density at radius 3 is 2.79 bits per heavy atom. The van der Waals surface area contributed by atoms with Crippen molar-refractivity contribution in [2.75, 3.05) is 18.5 Å². The number of urea groups is 1. The van der Waals surface area contributed by atoms with Crippen LogP contribution in [-0.2, 0) is 16.1 Å². The van der Waals surface area contributed by atoms with Crippen molar-refractivity contribution in [3.8, 4) is 0 Å². The highest BCUT2D eigenvalue weighted by Gasteiger charge is 2.44. The van der Waals surface area contributed by atoms with Crippen LogP contribution in [0.2, 0.25) is 0 Å². The van der Waals surface area contributed by atoms with E-state index in [1.165, 1.54) is 35.2 Å². The quantitative estimate of drug-likeness (QED) is 0.533. The Hall–Kier alpha value is -4.09. The molecule has 0 aliphatic carbocycles. The lowest BCUT2D eigenvalue weighted by Crippen LogP contribution is -2.46. The number of hydrogen-bond acceptors (Lipinski definition) is 6. The number of allylic oxidation sites excluding steroid dienone is 2. The van der Waals surface area contributed by atoms with Crippen molar-refractivity contribution in [2.24, 2.45) is 5.92 Å².